The fourth-order valence-electron chi connectivity index (χ4n) is 6.49. The van der Waals surface area contributed by atoms with E-state index in [9.17, 15) is 24.3 Å². The number of esters is 2. The zero-order chi connectivity index (χ0) is 22.5. The number of carbonyl (C=O) groups is 4. The maximum Gasteiger partial charge on any atom is 0.338 e. The van der Waals surface area contributed by atoms with Gasteiger partial charge in [-0.25, -0.2) is 4.79 Å². The van der Waals surface area contributed by atoms with E-state index < -0.39 is 51.9 Å². The van der Waals surface area contributed by atoms with Crippen LogP contribution in [-0.4, -0.2) is 48.4 Å². The molecule has 0 bridgehead atoms. The number of ketones is 2. The van der Waals surface area contributed by atoms with Crippen LogP contribution >= 0.6 is 0 Å². The summed E-state index contributed by atoms with van der Waals surface area (Å²) < 4.78 is 15.0. The van der Waals surface area contributed by atoms with Crippen molar-refractivity contribution < 1.29 is 38.2 Å². The highest BCUT2D eigenvalue weighted by Gasteiger charge is 2.77. The van der Waals surface area contributed by atoms with Gasteiger partial charge in [-0.15, -0.1) is 0 Å². The van der Waals surface area contributed by atoms with E-state index in [2.05, 4.69) is 0 Å². The molecule has 30 heavy (non-hydrogen) atoms. The molecule has 0 spiro atoms. The van der Waals surface area contributed by atoms with Crippen LogP contribution in [0.5, 0.6) is 0 Å². The third-order valence-corrected chi connectivity index (χ3v) is 7.36. The number of furan rings is 1. The van der Waals surface area contributed by atoms with Crippen molar-refractivity contribution in [2.45, 2.75) is 45.6 Å². The van der Waals surface area contributed by atoms with Gasteiger partial charge in [0.05, 0.1) is 37.4 Å². The molecule has 1 aromatic heterocycles. The second-order valence-electron chi connectivity index (χ2n) is 8.96. The third-order valence-electron chi connectivity index (χ3n) is 7.36. The Balaban J connectivity index is 2.33. The molecule has 0 radical (unpaired) electrons. The van der Waals surface area contributed by atoms with Gasteiger partial charge in [0.2, 0.25) is 0 Å². The van der Waals surface area contributed by atoms with Crippen molar-refractivity contribution in [2.24, 2.45) is 28.6 Å². The van der Waals surface area contributed by atoms with Crippen LogP contribution in [0.25, 0.3) is 0 Å². The van der Waals surface area contributed by atoms with Crippen molar-refractivity contribution in [2.75, 3.05) is 14.2 Å². The van der Waals surface area contributed by atoms with E-state index in [1.807, 2.05) is 0 Å². The topological polar surface area (TPSA) is 120 Å². The molecule has 8 heteroatoms. The molecule has 2 aliphatic rings. The maximum atomic E-state index is 13.5. The summed E-state index contributed by atoms with van der Waals surface area (Å²) in [5, 5.41) is 12.0. The van der Waals surface area contributed by atoms with Gasteiger partial charge in [0.1, 0.15) is 12.0 Å². The predicted octanol–water partition coefficient (Wildman–Crippen LogP) is 2.19. The molecule has 6 atom stereocenters. The number of methoxy groups -OCH3 is 2. The lowest BCUT2D eigenvalue weighted by Gasteiger charge is -2.51. The minimum Gasteiger partial charge on any atom is -0.472 e. The monoisotopic (exact) mass is 420 g/mol. The third kappa shape index (κ3) is 2.76. The fraction of sp³-hybridized carbons (Fsp3) is 0.636. The highest BCUT2D eigenvalue weighted by Crippen LogP contribution is 2.68. The van der Waals surface area contributed by atoms with E-state index in [0.29, 0.717) is 19.3 Å². The van der Waals surface area contributed by atoms with Gasteiger partial charge < -0.3 is 19.0 Å². The molecule has 0 aromatic carbocycles. The van der Waals surface area contributed by atoms with Crippen LogP contribution in [0.2, 0.25) is 0 Å². The van der Waals surface area contributed by atoms with E-state index in [-0.39, 0.29) is 11.3 Å². The summed E-state index contributed by atoms with van der Waals surface area (Å²) in [7, 11) is 2.35. The molecule has 164 valence electrons. The molecule has 1 heterocycles. The van der Waals surface area contributed by atoms with E-state index in [4.69, 9.17) is 13.9 Å². The first-order valence-corrected chi connectivity index (χ1v) is 9.96. The number of Topliss-reactive ketones (excluding diaryl/α,β-unsaturated/α-hetero) is 2. The highest BCUT2D eigenvalue weighted by molar-refractivity contribution is 6.06. The second kappa shape index (κ2) is 7.34. The minimum atomic E-state index is -2.39. The molecule has 2 aliphatic carbocycles. The molecule has 0 aliphatic heterocycles. The van der Waals surface area contributed by atoms with Crippen LogP contribution in [0, 0.1) is 28.6 Å². The predicted molar refractivity (Wildman–Crippen MR) is 103 cm³/mol. The average molecular weight is 420 g/mol. The summed E-state index contributed by atoms with van der Waals surface area (Å²) in [5.41, 5.74) is -4.54. The van der Waals surface area contributed by atoms with Crippen molar-refractivity contribution >= 4 is 23.5 Å². The molecule has 1 aromatic rings. The number of carbonyl (C=O) groups excluding carboxylic acids is 4. The van der Waals surface area contributed by atoms with E-state index in [1.54, 1.807) is 13.8 Å². The van der Waals surface area contributed by atoms with E-state index in [1.165, 1.54) is 32.6 Å². The van der Waals surface area contributed by atoms with Gasteiger partial charge in [0, 0.05) is 11.8 Å². The van der Waals surface area contributed by atoms with Crippen molar-refractivity contribution in [3.63, 3.8) is 0 Å². The van der Waals surface area contributed by atoms with Gasteiger partial charge in [-0.1, -0.05) is 13.3 Å². The summed E-state index contributed by atoms with van der Waals surface area (Å²) in [6, 6.07) is 1.42. The fourth-order valence-corrected chi connectivity index (χ4v) is 6.49. The van der Waals surface area contributed by atoms with Crippen molar-refractivity contribution in [1.82, 2.24) is 0 Å². The Labute approximate surface area is 174 Å². The minimum absolute atomic E-state index is 0.135. The number of hydrogen-bond acceptors (Lipinski definition) is 8. The van der Waals surface area contributed by atoms with Gasteiger partial charge in [-0.3, -0.25) is 14.4 Å². The zero-order valence-corrected chi connectivity index (χ0v) is 17.9. The first-order chi connectivity index (χ1) is 14.0. The number of aliphatic hydroxyl groups is 1. The first kappa shape index (κ1) is 22.2. The lowest BCUT2D eigenvalue weighted by Crippen LogP contribution is -2.60. The standard InChI is InChI=1S/C22H28O8/c1-12(23)14-15(16(24)13-7-10-30-11-13)22(27,19(26)29-5)17-20(14,2)8-6-9-21(17,3)18(25)28-4/h7,10-11,14-15,17,27H,6,8-9H2,1-5H3/t14-,15+,17-,20-,21+,22-/m1/s1. The summed E-state index contributed by atoms with van der Waals surface area (Å²) in [4.78, 5) is 52.3. The molecule has 0 amide bonds. The van der Waals surface area contributed by atoms with Crippen LogP contribution in [0.4, 0.5) is 0 Å². The first-order valence-electron chi connectivity index (χ1n) is 9.96. The number of rotatable bonds is 5. The molecule has 2 fully saturated rings. The van der Waals surface area contributed by atoms with E-state index in [0.717, 1.165) is 7.11 Å². The largest absolute Gasteiger partial charge is 0.472 e. The van der Waals surface area contributed by atoms with Crippen LogP contribution in [-0.2, 0) is 23.9 Å². The SMILES string of the molecule is COC(=O)[C@@]1(O)[C@H](C(=O)c2ccoc2)[C@@H](C(C)=O)[C@@]2(C)CCC[C@](C)(C(=O)OC)[C@@H]21. The quantitative estimate of drug-likeness (QED) is 0.568. The molecule has 0 saturated heterocycles. The Hall–Kier alpha value is -2.48. The van der Waals surface area contributed by atoms with Gasteiger partial charge in [-0.05, 0) is 38.2 Å². The van der Waals surface area contributed by atoms with Crippen LogP contribution in [0.3, 0.4) is 0 Å². The molecule has 1 N–H and O–H groups in total. The van der Waals surface area contributed by atoms with Crippen LogP contribution < -0.4 is 0 Å². The van der Waals surface area contributed by atoms with Gasteiger partial charge in [-0.2, -0.15) is 0 Å². The Morgan fingerprint density at radius 3 is 2.20 bits per heavy atom. The summed E-state index contributed by atoms with van der Waals surface area (Å²) >= 11 is 0. The lowest BCUT2D eigenvalue weighted by molar-refractivity contribution is -0.193. The number of hydrogen-bond donors (Lipinski definition) is 1. The molecular weight excluding hydrogens is 392 g/mol. The second-order valence-corrected chi connectivity index (χ2v) is 8.96. The average Bonchev–Trinajstić information content (AvgIpc) is 3.30. The van der Waals surface area contributed by atoms with Gasteiger partial charge in [0.15, 0.2) is 11.4 Å². The van der Waals surface area contributed by atoms with Gasteiger partial charge >= 0.3 is 11.9 Å². The summed E-state index contributed by atoms with van der Waals surface area (Å²) in [6.45, 7) is 4.73. The lowest BCUT2D eigenvalue weighted by atomic mass is 9.52. The summed E-state index contributed by atoms with van der Waals surface area (Å²) in [5.74, 6) is -6.03. The highest BCUT2D eigenvalue weighted by atomic mass is 16.5. The molecular formula is C22H28O8. The smallest absolute Gasteiger partial charge is 0.338 e. The van der Waals surface area contributed by atoms with Crippen LogP contribution in [0.1, 0.15) is 50.4 Å². The van der Waals surface area contributed by atoms with Crippen molar-refractivity contribution in [3.8, 4) is 0 Å². The van der Waals surface area contributed by atoms with Crippen molar-refractivity contribution in [1.29, 1.82) is 0 Å². The Kier molecular flexibility index (Phi) is 5.43. The zero-order valence-electron chi connectivity index (χ0n) is 17.9. The Morgan fingerprint density at radius 1 is 1.07 bits per heavy atom. The number of ether oxygens (including phenoxy) is 2. The Morgan fingerprint density at radius 2 is 1.70 bits per heavy atom. The molecule has 0 unspecified atom stereocenters. The van der Waals surface area contributed by atoms with Crippen molar-refractivity contribution in [3.05, 3.63) is 24.2 Å². The normalized spacial score (nSPS) is 37.9. The Bertz CT molecular complexity index is 874. The molecule has 3 rings (SSSR count). The summed E-state index contributed by atoms with van der Waals surface area (Å²) in [6.07, 6.45) is 3.89. The molecule has 2 saturated carbocycles. The maximum absolute atomic E-state index is 13.5. The molecule has 8 nitrogen and oxygen atoms in total. The van der Waals surface area contributed by atoms with Crippen LogP contribution in [0.15, 0.2) is 23.0 Å². The van der Waals surface area contributed by atoms with E-state index >= 15 is 0 Å². The number of fused-ring (bicyclic) bond motifs is 1. The van der Waals surface area contributed by atoms with Gasteiger partial charge in [0.25, 0.3) is 0 Å².